The molecule has 2 saturated heterocycles. The first kappa shape index (κ1) is 20.7. The molecule has 2 aliphatic heterocycles. The lowest BCUT2D eigenvalue weighted by Gasteiger charge is -2.33. The summed E-state index contributed by atoms with van der Waals surface area (Å²) in [6, 6.07) is 0.402. The van der Waals surface area contributed by atoms with E-state index >= 15 is 0 Å². The van der Waals surface area contributed by atoms with Gasteiger partial charge in [0.25, 0.3) is 0 Å². The van der Waals surface area contributed by atoms with Crippen LogP contribution in [0.4, 0.5) is 10.5 Å². The largest absolute Gasteiger partial charge is 0.352 e. The zero-order chi connectivity index (χ0) is 20.9. The van der Waals surface area contributed by atoms with Gasteiger partial charge in [-0.05, 0) is 38.5 Å². The first-order chi connectivity index (χ1) is 14.6. The van der Waals surface area contributed by atoms with Crippen molar-refractivity contribution in [3.8, 4) is 0 Å². The topological polar surface area (TPSA) is 99.6 Å². The Bertz CT molecular complexity index is 759. The molecule has 9 nitrogen and oxygen atoms in total. The summed E-state index contributed by atoms with van der Waals surface area (Å²) in [6.45, 7) is 3.09. The summed E-state index contributed by atoms with van der Waals surface area (Å²) < 4.78 is 1.55. The maximum atomic E-state index is 12.6. The van der Waals surface area contributed by atoms with Crippen molar-refractivity contribution in [1.82, 2.24) is 24.9 Å². The van der Waals surface area contributed by atoms with Crippen LogP contribution in [0.3, 0.4) is 0 Å². The molecule has 1 aromatic heterocycles. The van der Waals surface area contributed by atoms with E-state index in [1.165, 1.54) is 12.8 Å². The van der Waals surface area contributed by atoms with Crippen molar-refractivity contribution in [2.24, 2.45) is 5.92 Å². The van der Waals surface area contributed by atoms with Gasteiger partial charge in [0, 0.05) is 44.3 Å². The molecule has 0 unspecified atom stereocenters. The average Bonchev–Trinajstić information content (AvgIpc) is 3.51. The number of rotatable bonds is 5. The Kier molecular flexibility index (Phi) is 6.54. The summed E-state index contributed by atoms with van der Waals surface area (Å²) in [5.41, 5.74) is 0.601. The third kappa shape index (κ3) is 5.12. The number of hydrogen-bond donors (Lipinski definition) is 2. The maximum absolute atomic E-state index is 12.6. The quantitative estimate of drug-likeness (QED) is 0.765. The van der Waals surface area contributed by atoms with Crippen molar-refractivity contribution >= 4 is 23.5 Å². The molecule has 1 aliphatic carbocycles. The van der Waals surface area contributed by atoms with Crippen LogP contribution in [0.25, 0.3) is 0 Å². The van der Waals surface area contributed by atoms with E-state index in [2.05, 4.69) is 15.7 Å². The summed E-state index contributed by atoms with van der Waals surface area (Å²) in [5, 5.41) is 10.1. The molecule has 164 valence electrons. The number of nitrogens with one attached hydrogen (secondary N) is 2. The second kappa shape index (κ2) is 9.49. The van der Waals surface area contributed by atoms with E-state index in [0.29, 0.717) is 31.6 Å². The summed E-state index contributed by atoms with van der Waals surface area (Å²) in [7, 11) is 0. The van der Waals surface area contributed by atoms with Crippen LogP contribution in [-0.4, -0.2) is 69.6 Å². The molecular formula is C21H32N6O3. The molecule has 3 heterocycles. The van der Waals surface area contributed by atoms with E-state index in [-0.39, 0.29) is 36.3 Å². The van der Waals surface area contributed by atoms with Crippen LogP contribution < -0.4 is 10.6 Å². The van der Waals surface area contributed by atoms with Gasteiger partial charge in [0.1, 0.15) is 6.54 Å². The van der Waals surface area contributed by atoms with Crippen LogP contribution in [0.1, 0.15) is 51.4 Å². The van der Waals surface area contributed by atoms with Crippen molar-refractivity contribution < 1.29 is 14.4 Å². The minimum Gasteiger partial charge on any atom is -0.352 e. The molecular weight excluding hydrogens is 384 g/mol. The van der Waals surface area contributed by atoms with E-state index in [4.69, 9.17) is 0 Å². The maximum Gasteiger partial charge on any atom is 0.319 e. The minimum atomic E-state index is -0.110. The number of carbonyl (C=O) groups excluding carboxylic acids is 3. The summed E-state index contributed by atoms with van der Waals surface area (Å²) in [5.74, 6) is -0.196. The number of urea groups is 1. The highest BCUT2D eigenvalue weighted by molar-refractivity contribution is 5.92. The van der Waals surface area contributed by atoms with E-state index in [1.54, 1.807) is 17.1 Å². The Hall–Kier alpha value is -2.58. The fraction of sp³-hybridized carbons (Fsp3) is 0.714. The van der Waals surface area contributed by atoms with Gasteiger partial charge < -0.3 is 20.4 Å². The van der Waals surface area contributed by atoms with Crippen LogP contribution >= 0.6 is 0 Å². The lowest BCUT2D eigenvalue weighted by molar-refractivity contribution is -0.122. The van der Waals surface area contributed by atoms with Crippen LogP contribution in [0.15, 0.2) is 12.4 Å². The van der Waals surface area contributed by atoms with Crippen molar-refractivity contribution in [3.05, 3.63) is 12.4 Å². The number of piperidine rings is 1. The number of likely N-dealkylation sites (tertiary alicyclic amines) is 2. The Balaban J connectivity index is 1.21. The molecule has 2 N–H and O–H groups in total. The van der Waals surface area contributed by atoms with Crippen LogP contribution in [0.2, 0.25) is 0 Å². The van der Waals surface area contributed by atoms with Crippen LogP contribution in [0, 0.1) is 5.92 Å². The number of nitrogens with zero attached hydrogens (tertiary/aromatic N) is 4. The number of anilines is 1. The molecule has 4 rings (SSSR count). The highest BCUT2D eigenvalue weighted by Crippen LogP contribution is 2.22. The fourth-order valence-corrected chi connectivity index (χ4v) is 4.69. The highest BCUT2D eigenvalue weighted by Gasteiger charge is 2.30. The van der Waals surface area contributed by atoms with Gasteiger partial charge in [-0.1, -0.05) is 12.8 Å². The lowest BCUT2D eigenvalue weighted by atomic mass is 9.96. The molecule has 4 amide bonds. The Morgan fingerprint density at radius 3 is 2.30 bits per heavy atom. The van der Waals surface area contributed by atoms with Gasteiger partial charge in [-0.2, -0.15) is 5.10 Å². The third-order valence-corrected chi connectivity index (χ3v) is 6.44. The number of hydrogen-bond acceptors (Lipinski definition) is 4. The molecule has 0 aromatic carbocycles. The van der Waals surface area contributed by atoms with Crippen LogP contribution in [0.5, 0.6) is 0 Å². The lowest BCUT2D eigenvalue weighted by Crippen LogP contribution is -2.47. The standard InChI is InChI=1S/C21H32N6O3/c28-19(23-17-5-1-2-6-17)15-27-14-18(13-22-27)24-20(29)16-7-11-26(12-8-16)21(30)25-9-3-4-10-25/h13-14,16-17H,1-12,15H2,(H,23,28)(H,24,29). The van der Waals surface area contributed by atoms with E-state index in [0.717, 1.165) is 38.8 Å². The predicted molar refractivity (Wildman–Crippen MR) is 112 cm³/mol. The average molecular weight is 417 g/mol. The van der Waals surface area contributed by atoms with Crippen molar-refractivity contribution in [3.63, 3.8) is 0 Å². The Labute approximate surface area is 177 Å². The van der Waals surface area contributed by atoms with Crippen molar-refractivity contribution in [2.75, 3.05) is 31.5 Å². The van der Waals surface area contributed by atoms with Crippen LogP contribution in [-0.2, 0) is 16.1 Å². The van der Waals surface area contributed by atoms with Crippen molar-refractivity contribution in [2.45, 2.75) is 64.0 Å². The molecule has 30 heavy (non-hydrogen) atoms. The normalized spacial score (nSPS) is 20.5. The molecule has 9 heteroatoms. The third-order valence-electron chi connectivity index (χ3n) is 6.44. The smallest absolute Gasteiger partial charge is 0.319 e. The highest BCUT2D eigenvalue weighted by atomic mass is 16.2. The van der Waals surface area contributed by atoms with E-state index in [1.807, 2.05) is 9.80 Å². The first-order valence-corrected chi connectivity index (χ1v) is 11.2. The fourth-order valence-electron chi connectivity index (χ4n) is 4.69. The SMILES string of the molecule is O=C(Cn1cc(NC(=O)C2CCN(C(=O)N3CCCC3)CC2)cn1)NC1CCCC1. The minimum absolute atomic E-state index is 0.0433. The van der Waals surface area contributed by atoms with E-state index < -0.39 is 0 Å². The van der Waals surface area contributed by atoms with Crippen molar-refractivity contribution in [1.29, 1.82) is 0 Å². The Morgan fingerprint density at radius 1 is 0.933 bits per heavy atom. The van der Waals surface area contributed by atoms with Gasteiger partial charge >= 0.3 is 6.03 Å². The zero-order valence-corrected chi connectivity index (χ0v) is 17.5. The number of carbonyl (C=O) groups is 3. The van der Waals surface area contributed by atoms with Gasteiger partial charge in [0.2, 0.25) is 11.8 Å². The molecule has 0 radical (unpaired) electrons. The summed E-state index contributed by atoms with van der Waals surface area (Å²) in [6.07, 6.45) is 11.2. The molecule has 0 atom stereocenters. The second-order valence-electron chi connectivity index (χ2n) is 8.70. The molecule has 3 fully saturated rings. The van der Waals surface area contributed by atoms with Gasteiger partial charge in [0.05, 0.1) is 11.9 Å². The summed E-state index contributed by atoms with van der Waals surface area (Å²) in [4.78, 5) is 41.0. The second-order valence-corrected chi connectivity index (χ2v) is 8.70. The number of aromatic nitrogens is 2. The molecule has 0 bridgehead atoms. The first-order valence-electron chi connectivity index (χ1n) is 11.2. The molecule has 1 aromatic rings. The Morgan fingerprint density at radius 2 is 1.60 bits per heavy atom. The predicted octanol–water partition coefficient (Wildman–Crippen LogP) is 1.81. The van der Waals surface area contributed by atoms with Gasteiger partial charge in [-0.25, -0.2) is 4.79 Å². The van der Waals surface area contributed by atoms with Gasteiger partial charge in [-0.3, -0.25) is 14.3 Å². The zero-order valence-electron chi connectivity index (χ0n) is 17.5. The monoisotopic (exact) mass is 416 g/mol. The number of amides is 4. The summed E-state index contributed by atoms with van der Waals surface area (Å²) >= 11 is 0. The molecule has 1 saturated carbocycles. The van der Waals surface area contributed by atoms with Gasteiger partial charge in [-0.15, -0.1) is 0 Å². The van der Waals surface area contributed by atoms with Gasteiger partial charge in [0.15, 0.2) is 0 Å². The molecule has 3 aliphatic rings. The molecule has 0 spiro atoms. The van der Waals surface area contributed by atoms with E-state index in [9.17, 15) is 14.4 Å².